The molecule has 4 aromatic rings. The number of rotatable bonds is 5. The monoisotopic (exact) mass is 476 g/mol. The molecule has 0 fully saturated rings. The summed E-state index contributed by atoms with van der Waals surface area (Å²) in [6.07, 6.45) is 2.00. The van der Waals surface area contributed by atoms with Crippen molar-refractivity contribution in [1.29, 1.82) is 0 Å². The van der Waals surface area contributed by atoms with Crippen LogP contribution in [0.2, 0.25) is 0 Å². The van der Waals surface area contributed by atoms with Crippen molar-refractivity contribution in [3.63, 3.8) is 0 Å². The molecule has 0 saturated carbocycles. The first-order chi connectivity index (χ1) is 17.7. The Labute approximate surface area is 210 Å². The number of methoxy groups -OCH3 is 1. The lowest BCUT2D eigenvalue weighted by Crippen LogP contribution is -2.46. The highest BCUT2D eigenvalue weighted by Crippen LogP contribution is 2.47. The zero-order valence-electron chi connectivity index (χ0n) is 20.6. The molecule has 0 bridgehead atoms. The molecule has 2 aliphatic rings. The number of aryl methyl sites for hydroxylation is 1. The van der Waals surface area contributed by atoms with E-state index in [9.17, 15) is 0 Å². The third kappa shape index (κ3) is 3.64. The molecule has 0 radical (unpaired) electrons. The molecule has 1 N–H and O–H groups in total. The standard InChI is InChI=1S/C29H28N6O/c1-4-10-25-26-19(2)33-35(21-11-6-5-7-12-21)28(26)32-29-27(30-20-15-17-22(36-3)18-16-20)31-23-13-8-9-14-24(23)34(25)29/h5-9,11-18,25H,4,10H2,1-3H3,(H,30,31). The number of nitrogens with one attached hydrogen (secondary N) is 1. The summed E-state index contributed by atoms with van der Waals surface area (Å²) >= 11 is 0. The third-order valence-corrected chi connectivity index (χ3v) is 6.67. The van der Waals surface area contributed by atoms with Crippen molar-refractivity contribution in [3.05, 3.63) is 90.1 Å². The van der Waals surface area contributed by atoms with E-state index >= 15 is 0 Å². The van der Waals surface area contributed by atoms with Crippen molar-refractivity contribution in [2.24, 2.45) is 9.98 Å². The van der Waals surface area contributed by atoms with E-state index in [1.165, 1.54) is 5.56 Å². The Kier molecular flexibility index (Phi) is 5.52. The number of benzene rings is 3. The van der Waals surface area contributed by atoms with Gasteiger partial charge in [-0.2, -0.15) is 5.10 Å². The van der Waals surface area contributed by atoms with E-state index in [0.717, 1.165) is 58.7 Å². The Morgan fingerprint density at radius 2 is 1.67 bits per heavy atom. The molecule has 1 atom stereocenters. The number of ether oxygens (including phenoxy) is 1. The maximum atomic E-state index is 5.33. The molecule has 6 rings (SSSR count). The van der Waals surface area contributed by atoms with Crippen LogP contribution in [0, 0.1) is 6.92 Å². The Hall–Kier alpha value is -4.39. The van der Waals surface area contributed by atoms with E-state index in [1.54, 1.807) is 7.11 Å². The van der Waals surface area contributed by atoms with Gasteiger partial charge in [0, 0.05) is 11.3 Å². The molecular formula is C29H28N6O. The van der Waals surface area contributed by atoms with Gasteiger partial charge in [0.25, 0.3) is 0 Å². The summed E-state index contributed by atoms with van der Waals surface area (Å²) in [6, 6.07) is 26.4. The van der Waals surface area contributed by atoms with Crippen molar-refractivity contribution >= 4 is 34.6 Å². The molecule has 0 aliphatic carbocycles. The Morgan fingerprint density at radius 3 is 2.42 bits per heavy atom. The molecule has 0 spiro atoms. The van der Waals surface area contributed by atoms with E-state index in [-0.39, 0.29) is 6.04 Å². The maximum Gasteiger partial charge on any atom is 0.179 e. The van der Waals surface area contributed by atoms with Gasteiger partial charge in [0.15, 0.2) is 17.5 Å². The summed E-state index contributed by atoms with van der Waals surface area (Å²) in [5.74, 6) is 3.19. The largest absolute Gasteiger partial charge is 0.497 e. The number of anilines is 2. The minimum absolute atomic E-state index is 0.0966. The first kappa shape index (κ1) is 22.1. The molecule has 36 heavy (non-hydrogen) atoms. The second kappa shape index (κ2) is 9.00. The summed E-state index contributed by atoms with van der Waals surface area (Å²) in [5.41, 5.74) is 6.07. The van der Waals surface area contributed by atoms with Gasteiger partial charge in [-0.25, -0.2) is 14.7 Å². The smallest absolute Gasteiger partial charge is 0.179 e. The predicted molar refractivity (Wildman–Crippen MR) is 146 cm³/mol. The van der Waals surface area contributed by atoms with Crippen LogP contribution in [-0.4, -0.2) is 28.6 Å². The van der Waals surface area contributed by atoms with Crippen molar-refractivity contribution in [2.75, 3.05) is 17.3 Å². The summed E-state index contributed by atoms with van der Waals surface area (Å²) in [4.78, 5) is 12.6. The van der Waals surface area contributed by atoms with Crippen molar-refractivity contribution < 1.29 is 4.74 Å². The number of aliphatic imine (C=N–C) groups is 2. The zero-order valence-corrected chi connectivity index (χ0v) is 20.6. The van der Waals surface area contributed by atoms with Gasteiger partial charge in [-0.1, -0.05) is 43.7 Å². The number of fused-ring (bicyclic) bond motifs is 4. The first-order valence-electron chi connectivity index (χ1n) is 12.3. The summed E-state index contributed by atoms with van der Waals surface area (Å²) < 4.78 is 7.29. The van der Waals surface area contributed by atoms with Gasteiger partial charge in [-0.15, -0.1) is 0 Å². The van der Waals surface area contributed by atoms with Gasteiger partial charge in [-0.05, 0) is 61.9 Å². The fourth-order valence-electron chi connectivity index (χ4n) is 5.03. The Bertz CT molecular complexity index is 1470. The quantitative estimate of drug-likeness (QED) is 0.347. The first-order valence-corrected chi connectivity index (χ1v) is 12.3. The van der Waals surface area contributed by atoms with Crippen LogP contribution >= 0.6 is 0 Å². The van der Waals surface area contributed by atoms with Gasteiger partial charge in [0.2, 0.25) is 0 Å². The molecule has 3 heterocycles. The van der Waals surface area contributed by atoms with Crippen LogP contribution in [0.25, 0.3) is 5.69 Å². The van der Waals surface area contributed by atoms with E-state index in [0.29, 0.717) is 5.84 Å². The van der Waals surface area contributed by atoms with E-state index in [2.05, 4.69) is 54.4 Å². The highest BCUT2D eigenvalue weighted by Gasteiger charge is 2.40. The second-order valence-corrected chi connectivity index (χ2v) is 8.98. The van der Waals surface area contributed by atoms with E-state index in [4.69, 9.17) is 19.8 Å². The lowest BCUT2D eigenvalue weighted by atomic mass is 9.96. The summed E-state index contributed by atoms with van der Waals surface area (Å²) in [7, 11) is 1.67. The number of amidine groups is 2. The fourth-order valence-corrected chi connectivity index (χ4v) is 5.03. The molecule has 3 aromatic carbocycles. The lowest BCUT2D eigenvalue weighted by molar-refractivity contribution is 0.415. The molecular weight excluding hydrogens is 448 g/mol. The lowest BCUT2D eigenvalue weighted by Gasteiger charge is -2.40. The van der Waals surface area contributed by atoms with Gasteiger partial charge in [-0.3, -0.25) is 0 Å². The molecule has 2 aliphatic heterocycles. The van der Waals surface area contributed by atoms with E-state index in [1.807, 2.05) is 53.2 Å². The van der Waals surface area contributed by atoms with E-state index < -0.39 is 0 Å². The average Bonchev–Trinajstić information content (AvgIpc) is 3.26. The number of para-hydroxylation sites is 3. The zero-order chi connectivity index (χ0) is 24.6. The van der Waals surface area contributed by atoms with Crippen molar-refractivity contribution in [1.82, 2.24) is 9.78 Å². The van der Waals surface area contributed by atoms with Crippen LogP contribution in [0.1, 0.15) is 37.1 Å². The van der Waals surface area contributed by atoms with Crippen molar-refractivity contribution in [2.45, 2.75) is 32.7 Å². The fraction of sp³-hybridized carbons (Fsp3) is 0.207. The maximum absolute atomic E-state index is 5.33. The highest BCUT2D eigenvalue weighted by molar-refractivity contribution is 6.51. The van der Waals surface area contributed by atoms with Gasteiger partial charge in [0.05, 0.1) is 35.9 Å². The van der Waals surface area contributed by atoms with Gasteiger partial charge >= 0.3 is 0 Å². The second-order valence-electron chi connectivity index (χ2n) is 8.98. The topological polar surface area (TPSA) is 67.0 Å². The minimum Gasteiger partial charge on any atom is -0.497 e. The number of aromatic nitrogens is 2. The molecule has 180 valence electrons. The molecule has 0 amide bonds. The van der Waals surface area contributed by atoms with Crippen LogP contribution in [0.15, 0.2) is 88.8 Å². The summed E-state index contributed by atoms with van der Waals surface area (Å²) in [6.45, 7) is 4.31. The molecule has 0 saturated heterocycles. The van der Waals surface area contributed by atoms with Crippen LogP contribution in [-0.2, 0) is 0 Å². The van der Waals surface area contributed by atoms with Crippen molar-refractivity contribution in [3.8, 4) is 11.4 Å². The number of hydrogen-bond donors (Lipinski definition) is 1. The Morgan fingerprint density at radius 1 is 0.917 bits per heavy atom. The van der Waals surface area contributed by atoms with Crippen LogP contribution < -0.4 is 15.0 Å². The average molecular weight is 477 g/mol. The molecule has 7 heteroatoms. The summed E-state index contributed by atoms with van der Waals surface area (Å²) in [5, 5.41) is 8.47. The van der Waals surface area contributed by atoms with Crippen LogP contribution in [0.3, 0.4) is 0 Å². The SMILES string of the molecule is CCCC1c2c(C)nn(-c3ccccc3)c2N=C2C(Nc3ccc(OC)cc3)=Nc3ccccc3N21. The molecule has 1 aromatic heterocycles. The van der Waals surface area contributed by atoms with Crippen LogP contribution in [0.5, 0.6) is 5.75 Å². The minimum atomic E-state index is 0.0966. The van der Waals surface area contributed by atoms with Gasteiger partial charge in [0.1, 0.15) is 5.75 Å². The number of hydrogen-bond acceptors (Lipinski definition) is 6. The van der Waals surface area contributed by atoms with Crippen LogP contribution in [0.4, 0.5) is 22.9 Å². The molecule has 7 nitrogen and oxygen atoms in total. The van der Waals surface area contributed by atoms with Gasteiger partial charge < -0.3 is 15.0 Å². The molecule has 1 unspecified atom stereocenters. The predicted octanol–water partition coefficient (Wildman–Crippen LogP) is 6.74. The third-order valence-electron chi connectivity index (χ3n) is 6.67. The Balaban J connectivity index is 1.54. The highest BCUT2D eigenvalue weighted by atomic mass is 16.5. The number of nitrogens with zero attached hydrogens (tertiary/aromatic N) is 5. The normalized spacial score (nSPS) is 15.9.